The van der Waals surface area contributed by atoms with Gasteiger partial charge < -0.3 is 30.3 Å². The monoisotopic (exact) mass is 423 g/mol. The molecule has 0 bridgehead atoms. The zero-order valence-corrected chi connectivity index (χ0v) is 18.9. The fraction of sp³-hybridized carbons (Fsp3) is 0.857. The highest BCUT2D eigenvalue weighted by molar-refractivity contribution is 5.45. The van der Waals surface area contributed by atoms with Crippen LogP contribution in [-0.4, -0.2) is 80.6 Å². The first-order valence-corrected chi connectivity index (χ1v) is 11.6. The lowest BCUT2D eigenvalue weighted by Crippen LogP contribution is -2.30. The van der Waals surface area contributed by atoms with Crippen molar-refractivity contribution in [1.29, 1.82) is 0 Å². The Kier molecular flexibility index (Phi) is 12.4. The van der Waals surface area contributed by atoms with Crippen molar-refractivity contribution in [3.63, 3.8) is 0 Å². The van der Waals surface area contributed by atoms with Crippen molar-refractivity contribution in [2.24, 2.45) is 5.73 Å². The Morgan fingerprint density at radius 1 is 0.933 bits per heavy atom. The molecule has 2 rings (SSSR count). The Labute approximate surface area is 181 Å². The van der Waals surface area contributed by atoms with Gasteiger partial charge in [0.1, 0.15) is 0 Å². The molecule has 0 spiro atoms. The quantitative estimate of drug-likeness (QED) is 0.365. The zero-order valence-electron chi connectivity index (χ0n) is 18.9. The fourth-order valence-electron chi connectivity index (χ4n) is 3.28. The van der Waals surface area contributed by atoms with E-state index in [-0.39, 0.29) is 0 Å². The van der Waals surface area contributed by atoms with E-state index in [1.165, 1.54) is 12.8 Å². The van der Waals surface area contributed by atoms with Gasteiger partial charge in [0.2, 0.25) is 17.8 Å². The number of hydrogen-bond acceptors (Lipinski definition) is 9. The molecular weight excluding hydrogens is 382 g/mol. The smallest absolute Gasteiger partial charge is 0.231 e. The Balaban J connectivity index is 1.98. The minimum Gasteiger partial charge on any atom is -0.378 e. The summed E-state index contributed by atoms with van der Waals surface area (Å²) in [5.74, 6) is 2.20. The van der Waals surface area contributed by atoms with Gasteiger partial charge >= 0.3 is 0 Å². The summed E-state index contributed by atoms with van der Waals surface area (Å²) >= 11 is 0. The molecule has 0 radical (unpaired) electrons. The third-order valence-electron chi connectivity index (χ3n) is 5.01. The van der Waals surface area contributed by atoms with Crippen LogP contribution in [0.2, 0.25) is 0 Å². The van der Waals surface area contributed by atoms with Gasteiger partial charge in [-0.15, -0.1) is 0 Å². The summed E-state index contributed by atoms with van der Waals surface area (Å²) in [6, 6.07) is 0. The Morgan fingerprint density at radius 3 is 2.23 bits per heavy atom. The lowest BCUT2D eigenvalue weighted by Gasteiger charge is -2.24. The Hall–Kier alpha value is -1.71. The average Bonchev–Trinajstić information content (AvgIpc) is 3.30. The molecule has 1 saturated heterocycles. The average molecular weight is 424 g/mol. The van der Waals surface area contributed by atoms with Gasteiger partial charge in [-0.3, -0.25) is 0 Å². The van der Waals surface area contributed by atoms with Gasteiger partial charge in [-0.05, 0) is 25.7 Å². The van der Waals surface area contributed by atoms with E-state index in [1.54, 1.807) is 0 Å². The van der Waals surface area contributed by atoms with Crippen molar-refractivity contribution in [2.75, 3.05) is 80.8 Å². The molecule has 1 aliphatic rings. The maximum Gasteiger partial charge on any atom is 0.231 e. The SMILES string of the molecule is CCCCN(CCCC)c1nc(NCCOCCOCCN)nc(N2CCCC2)n1. The Morgan fingerprint density at radius 2 is 1.60 bits per heavy atom. The number of rotatable bonds is 17. The maximum atomic E-state index is 5.60. The normalized spacial score (nSPS) is 13.8. The van der Waals surface area contributed by atoms with Gasteiger partial charge in [0.25, 0.3) is 0 Å². The van der Waals surface area contributed by atoms with Crippen LogP contribution < -0.4 is 20.9 Å². The zero-order chi connectivity index (χ0) is 21.4. The highest BCUT2D eigenvalue weighted by atomic mass is 16.5. The third-order valence-corrected chi connectivity index (χ3v) is 5.01. The van der Waals surface area contributed by atoms with Crippen LogP contribution >= 0.6 is 0 Å². The van der Waals surface area contributed by atoms with E-state index >= 15 is 0 Å². The van der Waals surface area contributed by atoms with Crippen LogP contribution in [0.15, 0.2) is 0 Å². The molecule has 0 saturated carbocycles. The number of hydrogen-bond donors (Lipinski definition) is 2. The third kappa shape index (κ3) is 8.97. The largest absolute Gasteiger partial charge is 0.378 e. The van der Waals surface area contributed by atoms with Crippen LogP contribution in [0.25, 0.3) is 0 Å². The summed E-state index contributed by atoms with van der Waals surface area (Å²) in [5.41, 5.74) is 5.40. The summed E-state index contributed by atoms with van der Waals surface area (Å²) < 4.78 is 10.9. The van der Waals surface area contributed by atoms with Gasteiger partial charge in [-0.1, -0.05) is 26.7 Å². The highest BCUT2D eigenvalue weighted by Crippen LogP contribution is 2.21. The molecule has 0 unspecified atom stereocenters. The lowest BCUT2D eigenvalue weighted by atomic mass is 10.3. The summed E-state index contributed by atoms with van der Waals surface area (Å²) in [7, 11) is 0. The second-order valence-electron chi connectivity index (χ2n) is 7.59. The van der Waals surface area contributed by atoms with Crippen LogP contribution in [0.5, 0.6) is 0 Å². The van der Waals surface area contributed by atoms with Crippen LogP contribution in [0.4, 0.5) is 17.8 Å². The van der Waals surface area contributed by atoms with Crippen molar-refractivity contribution in [2.45, 2.75) is 52.4 Å². The molecule has 9 nitrogen and oxygen atoms in total. The van der Waals surface area contributed by atoms with E-state index in [0.717, 1.165) is 63.8 Å². The summed E-state index contributed by atoms with van der Waals surface area (Å²) in [6.45, 7) is 11.9. The molecule has 1 aliphatic heterocycles. The van der Waals surface area contributed by atoms with E-state index in [1.807, 2.05) is 0 Å². The molecule has 172 valence electrons. The molecule has 1 aromatic rings. The predicted molar refractivity (Wildman–Crippen MR) is 122 cm³/mol. The minimum atomic E-state index is 0.538. The number of nitrogens with two attached hydrogens (primary N) is 1. The van der Waals surface area contributed by atoms with Crippen molar-refractivity contribution in [1.82, 2.24) is 15.0 Å². The van der Waals surface area contributed by atoms with Crippen LogP contribution in [0.1, 0.15) is 52.4 Å². The molecule has 0 aliphatic carbocycles. The maximum absolute atomic E-state index is 5.60. The predicted octanol–water partition coefficient (Wildman–Crippen LogP) is 2.28. The first kappa shape index (κ1) is 24.6. The molecular formula is C21H41N7O2. The van der Waals surface area contributed by atoms with E-state index in [0.29, 0.717) is 45.5 Å². The van der Waals surface area contributed by atoms with E-state index in [9.17, 15) is 0 Å². The molecule has 3 N–H and O–H groups in total. The fourth-order valence-corrected chi connectivity index (χ4v) is 3.28. The number of nitrogens with zero attached hydrogens (tertiary/aromatic N) is 5. The van der Waals surface area contributed by atoms with Crippen molar-refractivity contribution >= 4 is 17.8 Å². The van der Waals surface area contributed by atoms with E-state index in [4.69, 9.17) is 25.2 Å². The van der Waals surface area contributed by atoms with E-state index < -0.39 is 0 Å². The van der Waals surface area contributed by atoms with Crippen LogP contribution in [0, 0.1) is 0 Å². The van der Waals surface area contributed by atoms with Crippen LogP contribution in [0.3, 0.4) is 0 Å². The number of aromatic nitrogens is 3. The molecule has 0 atom stereocenters. The second-order valence-corrected chi connectivity index (χ2v) is 7.59. The molecule has 1 fully saturated rings. The standard InChI is InChI=1S/C21H41N7O2/c1-3-5-11-27(12-6-4-2)20-24-19(23-10-16-30-18-17-29-15-9-22)25-21(26-20)28-13-7-8-14-28/h3-18,22H2,1-2H3,(H,23,24,25,26). The van der Waals surface area contributed by atoms with E-state index in [2.05, 4.69) is 33.9 Å². The van der Waals surface area contributed by atoms with Gasteiger partial charge in [0, 0.05) is 39.3 Å². The minimum absolute atomic E-state index is 0.538. The molecule has 1 aromatic heterocycles. The molecule has 0 amide bonds. The van der Waals surface area contributed by atoms with Gasteiger partial charge in [0.15, 0.2) is 0 Å². The molecule has 0 aromatic carbocycles. The van der Waals surface area contributed by atoms with Crippen molar-refractivity contribution in [3.05, 3.63) is 0 Å². The number of unbranched alkanes of at least 4 members (excludes halogenated alkanes) is 2. The van der Waals surface area contributed by atoms with Gasteiger partial charge in [-0.25, -0.2) is 0 Å². The molecule has 30 heavy (non-hydrogen) atoms. The van der Waals surface area contributed by atoms with Gasteiger partial charge in [-0.2, -0.15) is 15.0 Å². The van der Waals surface area contributed by atoms with Crippen molar-refractivity contribution < 1.29 is 9.47 Å². The summed E-state index contributed by atoms with van der Waals surface area (Å²) in [5, 5.41) is 3.32. The number of ether oxygens (including phenoxy) is 2. The molecule has 2 heterocycles. The first-order valence-electron chi connectivity index (χ1n) is 11.6. The second kappa shape index (κ2) is 15.1. The topological polar surface area (TPSA) is 102 Å². The first-order chi connectivity index (χ1) is 14.8. The Bertz CT molecular complexity index is 562. The molecule has 9 heteroatoms. The summed E-state index contributed by atoms with van der Waals surface area (Å²) in [4.78, 5) is 18.8. The number of anilines is 3. The lowest BCUT2D eigenvalue weighted by molar-refractivity contribution is 0.0547. The van der Waals surface area contributed by atoms with Crippen LogP contribution in [-0.2, 0) is 9.47 Å². The summed E-state index contributed by atoms with van der Waals surface area (Å²) in [6.07, 6.45) is 6.97. The highest BCUT2D eigenvalue weighted by Gasteiger charge is 2.19. The number of nitrogens with one attached hydrogen (secondary N) is 1. The van der Waals surface area contributed by atoms with Crippen molar-refractivity contribution in [3.8, 4) is 0 Å². The van der Waals surface area contributed by atoms with Gasteiger partial charge in [0.05, 0.1) is 26.4 Å².